The van der Waals surface area contributed by atoms with Crippen LogP contribution in [0.4, 0.5) is 0 Å². The van der Waals surface area contributed by atoms with Crippen molar-refractivity contribution in [3.05, 3.63) is 22.3 Å². The van der Waals surface area contributed by atoms with Crippen molar-refractivity contribution in [3.63, 3.8) is 0 Å². The fourth-order valence-electron chi connectivity index (χ4n) is 2.23. The minimum Gasteiger partial charge on any atom is -0.493 e. The van der Waals surface area contributed by atoms with Crippen molar-refractivity contribution in [1.82, 2.24) is 15.4 Å². The topological polar surface area (TPSA) is 113 Å². The second-order valence-electron chi connectivity index (χ2n) is 5.24. The molecule has 1 atom stereocenters. The number of benzene rings is 1. The quantitative estimate of drug-likeness (QED) is 0.622. The third-order valence-electron chi connectivity index (χ3n) is 3.45. The van der Waals surface area contributed by atoms with Crippen LogP contribution in [0.1, 0.15) is 31.3 Å². The van der Waals surface area contributed by atoms with Crippen LogP contribution >= 0.6 is 15.9 Å². The van der Waals surface area contributed by atoms with E-state index >= 15 is 0 Å². The van der Waals surface area contributed by atoms with Gasteiger partial charge in [0, 0.05) is 10.0 Å². The molecule has 1 N–H and O–H groups in total. The zero-order valence-corrected chi connectivity index (χ0v) is 17.0. The first kappa shape index (κ1) is 20.7. The number of carbonyl (C=O) groups excluding carboxylic acids is 2. The van der Waals surface area contributed by atoms with Gasteiger partial charge >= 0.3 is 11.9 Å². The molecule has 2 rings (SSSR count). The summed E-state index contributed by atoms with van der Waals surface area (Å²) >= 11 is 3.43. The Labute approximate surface area is 164 Å². The van der Waals surface area contributed by atoms with Crippen LogP contribution in [0.2, 0.25) is 0 Å². The number of nitrogens with one attached hydrogen (secondary N) is 1. The fraction of sp³-hybridized carbons (Fsp3) is 0.412. The van der Waals surface area contributed by atoms with Crippen LogP contribution in [-0.2, 0) is 14.3 Å². The van der Waals surface area contributed by atoms with Crippen LogP contribution in [0.15, 0.2) is 16.6 Å². The average Bonchev–Trinajstić information content (AvgIpc) is 3.12. The summed E-state index contributed by atoms with van der Waals surface area (Å²) in [5.74, 6) is -0.402. The summed E-state index contributed by atoms with van der Waals surface area (Å²) in [4.78, 5) is 23.8. The molecule has 27 heavy (non-hydrogen) atoms. The first-order chi connectivity index (χ1) is 12.9. The van der Waals surface area contributed by atoms with Crippen LogP contribution in [0.5, 0.6) is 11.5 Å². The van der Waals surface area contributed by atoms with E-state index in [9.17, 15) is 9.59 Å². The third-order valence-corrected chi connectivity index (χ3v) is 4.10. The molecule has 1 aromatic heterocycles. The van der Waals surface area contributed by atoms with Gasteiger partial charge in [0.2, 0.25) is 0 Å². The molecule has 146 valence electrons. The SMILES string of the molecule is CCOC(=O)c1n[nH]nc1-c1cc(OC)c(OC(C)C(=O)OCC)cc1Br. The van der Waals surface area contributed by atoms with E-state index < -0.39 is 18.0 Å². The number of carbonyl (C=O) groups is 2. The van der Waals surface area contributed by atoms with Gasteiger partial charge in [0.15, 0.2) is 23.3 Å². The summed E-state index contributed by atoms with van der Waals surface area (Å²) < 4.78 is 21.5. The highest BCUT2D eigenvalue weighted by molar-refractivity contribution is 9.10. The maximum atomic E-state index is 12.0. The predicted molar refractivity (Wildman–Crippen MR) is 98.8 cm³/mol. The lowest BCUT2D eigenvalue weighted by Crippen LogP contribution is -2.26. The van der Waals surface area contributed by atoms with Gasteiger partial charge < -0.3 is 18.9 Å². The molecule has 1 unspecified atom stereocenters. The molecule has 0 spiro atoms. The molecule has 0 saturated heterocycles. The van der Waals surface area contributed by atoms with Gasteiger partial charge in [0.05, 0.1) is 20.3 Å². The lowest BCUT2D eigenvalue weighted by molar-refractivity contribution is -0.150. The zero-order valence-electron chi connectivity index (χ0n) is 15.4. The van der Waals surface area contributed by atoms with Crippen molar-refractivity contribution >= 4 is 27.9 Å². The summed E-state index contributed by atoms with van der Waals surface area (Å²) in [6.07, 6.45) is -0.821. The Morgan fingerprint density at radius 2 is 1.85 bits per heavy atom. The van der Waals surface area contributed by atoms with E-state index in [4.69, 9.17) is 18.9 Å². The minimum atomic E-state index is -0.821. The van der Waals surface area contributed by atoms with E-state index in [1.807, 2.05) is 0 Å². The number of esters is 2. The Bertz CT molecular complexity index is 823. The molecule has 0 radical (unpaired) electrons. The Hall–Kier alpha value is -2.62. The van der Waals surface area contributed by atoms with Crippen LogP contribution in [-0.4, -0.2) is 53.8 Å². The van der Waals surface area contributed by atoms with Crippen molar-refractivity contribution < 1.29 is 28.5 Å². The number of rotatable bonds is 8. The normalized spacial score (nSPS) is 11.6. The van der Waals surface area contributed by atoms with Gasteiger partial charge in [0.25, 0.3) is 0 Å². The highest BCUT2D eigenvalue weighted by Crippen LogP contribution is 2.39. The highest BCUT2D eigenvalue weighted by atomic mass is 79.9. The van der Waals surface area contributed by atoms with Gasteiger partial charge in [-0.15, -0.1) is 5.10 Å². The predicted octanol–water partition coefficient (Wildman–Crippen LogP) is 2.75. The van der Waals surface area contributed by atoms with Gasteiger partial charge in [-0.25, -0.2) is 9.59 Å². The Morgan fingerprint density at radius 1 is 1.15 bits per heavy atom. The largest absolute Gasteiger partial charge is 0.493 e. The number of ether oxygens (including phenoxy) is 4. The second-order valence-corrected chi connectivity index (χ2v) is 6.09. The molecule has 0 fully saturated rings. The van der Waals surface area contributed by atoms with E-state index in [1.165, 1.54) is 7.11 Å². The van der Waals surface area contributed by atoms with Crippen molar-refractivity contribution in [2.45, 2.75) is 26.9 Å². The number of aromatic nitrogens is 3. The zero-order chi connectivity index (χ0) is 20.0. The molecule has 0 amide bonds. The first-order valence-electron chi connectivity index (χ1n) is 8.21. The molecular weight excluding hydrogens is 422 g/mol. The summed E-state index contributed by atoms with van der Waals surface area (Å²) in [7, 11) is 1.46. The molecule has 1 aromatic carbocycles. The average molecular weight is 442 g/mol. The number of hydrogen-bond donors (Lipinski definition) is 1. The highest BCUT2D eigenvalue weighted by Gasteiger charge is 2.24. The second kappa shape index (κ2) is 9.36. The molecule has 1 heterocycles. The van der Waals surface area contributed by atoms with Crippen LogP contribution in [0.25, 0.3) is 11.3 Å². The van der Waals surface area contributed by atoms with E-state index in [0.29, 0.717) is 27.2 Å². The summed E-state index contributed by atoms with van der Waals surface area (Å²) in [5.41, 5.74) is 0.886. The number of halogens is 1. The maximum Gasteiger partial charge on any atom is 0.361 e. The van der Waals surface area contributed by atoms with Gasteiger partial charge in [-0.3, -0.25) is 0 Å². The Morgan fingerprint density at radius 3 is 2.48 bits per heavy atom. The number of nitrogens with zero attached hydrogens (tertiary/aromatic N) is 2. The lowest BCUT2D eigenvalue weighted by Gasteiger charge is -2.17. The fourth-order valence-corrected chi connectivity index (χ4v) is 2.74. The number of methoxy groups -OCH3 is 1. The van der Waals surface area contributed by atoms with Crippen LogP contribution in [0.3, 0.4) is 0 Å². The molecule has 0 aliphatic rings. The maximum absolute atomic E-state index is 12.0. The van der Waals surface area contributed by atoms with Crippen LogP contribution in [0, 0.1) is 0 Å². The van der Waals surface area contributed by atoms with E-state index in [0.717, 1.165) is 0 Å². The van der Waals surface area contributed by atoms with Crippen molar-refractivity contribution in [3.8, 4) is 22.8 Å². The molecule has 9 nitrogen and oxygen atoms in total. The van der Waals surface area contributed by atoms with E-state index in [2.05, 4.69) is 31.3 Å². The summed E-state index contributed by atoms with van der Waals surface area (Å²) in [6.45, 7) is 5.47. The molecule has 0 saturated carbocycles. The summed E-state index contributed by atoms with van der Waals surface area (Å²) in [6, 6.07) is 3.24. The van der Waals surface area contributed by atoms with Gasteiger partial charge in [-0.2, -0.15) is 10.3 Å². The number of H-pyrrole nitrogens is 1. The van der Waals surface area contributed by atoms with E-state index in [-0.39, 0.29) is 18.9 Å². The standard InChI is InChI=1S/C17H20BrN3O6/c1-5-25-16(22)9(3)27-13-8-11(18)10(7-12(13)24-4)14-15(20-21-19-14)17(23)26-6-2/h7-9H,5-6H2,1-4H3,(H,19,20,21). The van der Waals surface area contributed by atoms with Crippen molar-refractivity contribution in [1.29, 1.82) is 0 Å². The molecule has 0 aliphatic carbocycles. The molecular formula is C17H20BrN3O6. The van der Waals surface area contributed by atoms with E-state index in [1.54, 1.807) is 32.9 Å². The molecule has 10 heteroatoms. The monoisotopic (exact) mass is 441 g/mol. The van der Waals surface area contributed by atoms with Gasteiger partial charge in [-0.05, 0) is 48.8 Å². The molecule has 0 aliphatic heterocycles. The first-order valence-corrected chi connectivity index (χ1v) is 9.01. The van der Waals surface area contributed by atoms with Crippen molar-refractivity contribution in [2.24, 2.45) is 0 Å². The smallest absolute Gasteiger partial charge is 0.361 e. The van der Waals surface area contributed by atoms with Gasteiger partial charge in [-0.1, -0.05) is 0 Å². The molecule has 0 bridgehead atoms. The lowest BCUT2D eigenvalue weighted by atomic mass is 10.1. The van der Waals surface area contributed by atoms with Gasteiger partial charge in [0.1, 0.15) is 5.69 Å². The molecule has 2 aromatic rings. The summed E-state index contributed by atoms with van der Waals surface area (Å²) in [5, 5.41) is 10.3. The Kier molecular flexibility index (Phi) is 7.17. The minimum absolute atomic E-state index is 0.0492. The number of hydrogen-bond acceptors (Lipinski definition) is 8. The number of aromatic amines is 1. The Balaban J connectivity index is 2.38. The third kappa shape index (κ3) is 4.76. The van der Waals surface area contributed by atoms with Crippen molar-refractivity contribution in [2.75, 3.05) is 20.3 Å². The van der Waals surface area contributed by atoms with Crippen LogP contribution < -0.4 is 9.47 Å².